The van der Waals surface area contributed by atoms with Crippen LogP contribution in [0.5, 0.6) is 11.5 Å². The number of rotatable bonds is 4. The summed E-state index contributed by atoms with van der Waals surface area (Å²) in [6, 6.07) is 5.23. The first-order valence-electron chi connectivity index (χ1n) is 4.77. The van der Waals surface area contributed by atoms with Crippen molar-refractivity contribution in [1.82, 2.24) is 0 Å². The highest BCUT2D eigenvalue weighted by atomic mass is 16.6. The van der Waals surface area contributed by atoms with Crippen molar-refractivity contribution in [3.8, 4) is 11.5 Å². The van der Waals surface area contributed by atoms with E-state index in [2.05, 4.69) is 0 Å². The van der Waals surface area contributed by atoms with Crippen molar-refractivity contribution in [2.24, 2.45) is 0 Å². The molecule has 5 nitrogen and oxygen atoms in total. The molecule has 0 radical (unpaired) electrons. The number of carbonyl (C=O) groups is 1. The molecule has 0 bridgehead atoms. The molecule has 0 aromatic heterocycles. The van der Waals surface area contributed by atoms with Gasteiger partial charge in [-0.2, -0.15) is 0 Å². The molecule has 5 heteroatoms. The summed E-state index contributed by atoms with van der Waals surface area (Å²) in [5.74, 6) is 0.234. The second kappa shape index (κ2) is 4.02. The summed E-state index contributed by atoms with van der Waals surface area (Å²) in [6.07, 6.45) is -1.12. The van der Waals surface area contributed by atoms with E-state index in [0.29, 0.717) is 11.5 Å². The van der Waals surface area contributed by atoms with Crippen LogP contribution in [0.4, 0.5) is 0 Å². The summed E-state index contributed by atoms with van der Waals surface area (Å²) in [7, 11) is 3.08. The van der Waals surface area contributed by atoms with Gasteiger partial charge in [0.15, 0.2) is 17.6 Å². The molecule has 86 valence electrons. The molecular weight excluding hydrogens is 212 g/mol. The van der Waals surface area contributed by atoms with Crippen LogP contribution in [0.15, 0.2) is 18.2 Å². The van der Waals surface area contributed by atoms with Crippen molar-refractivity contribution in [3.05, 3.63) is 23.8 Å². The number of carboxylic acids is 1. The van der Waals surface area contributed by atoms with Crippen molar-refractivity contribution in [2.45, 2.75) is 12.2 Å². The maximum Gasteiger partial charge on any atom is 0.335 e. The zero-order valence-electron chi connectivity index (χ0n) is 8.97. The van der Waals surface area contributed by atoms with Crippen LogP contribution >= 0.6 is 0 Å². The van der Waals surface area contributed by atoms with Crippen molar-refractivity contribution in [1.29, 1.82) is 0 Å². The molecule has 1 N–H and O–H groups in total. The van der Waals surface area contributed by atoms with Crippen molar-refractivity contribution < 1.29 is 24.1 Å². The average Bonchev–Trinajstić information content (AvgIpc) is 3.08. The molecule has 0 aliphatic carbocycles. The Morgan fingerprint density at radius 2 is 2.00 bits per heavy atom. The molecule has 1 saturated heterocycles. The first-order chi connectivity index (χ1) is 7.67. The molecule has 0 amide bonds. The summed E-state index contributed by atoms with van der Waals surface area (Å²) in [5, 5.41) is 8.73. The number of epoxide rings is 1. The lowest BCUT2D eigenvalue weighted by atomic mass is 10.1. The molecule has 1 aliphatic heterocycles. The van der Waals surface area contributed by atoms with Crippen LogP contribution in [-0.2, 0) is 9.53 Å². The molecule has 1 aromatic rings. The van der Waals surface area contributed by atoms with E-state index in [1.165, 1.54) is 7.11 Å². The van der Waals surface area contributed by atoms with Gasteiger partial charge >= 0.3 is 5.97 Å². The van der Waals surface area contributed by atoms with E-state index in [9.17, 15) is 4.79 Å². The maximum atomic E-state index is 10.6. The smallest absolute Gasteiger partial charge is 0.335 e. The van der Waals surface area contributed by atoms with Crippen LogP contribution < -0.4 is 9.47 Å². The third-order valence-electron chi connectivity index (χ3n) is 2.47. The van der Waals surface area contributed by atoms with E-state index >= 15 is 0 Å². The fourth-order valence-electron chi connectivity index (χ4n) is 1.58. The third-order valence-corrected chi connectivity index (χ3v) is 2.47. The summed E-state index contributed by atoms with van der Waals surface area (Å²) >= 11 is 0. The zero-order valence-corrected chi connectivity index (χ0v) is 8.97. The fourth-order valence-corrected chi connectivity index (χ4v) is 1.58. The van der Waals surface area contributed by atoms with Crippen molar-refractivity contribution in [2.75, 3.05) is 14.2 Å². The number of methoxy groups -OCH3 is 2. The monoisotopic (exact) mass is 224 g/mol. The van der Waals surface area contributed by atoms with Gasteiger partial charge in [-0.15, -0.1) is 0 Å². The van der Waals surface area contributed by atoms with Crippen LogP contribution in [0.3, 0.4) is 0 Å². The molecule has 16 heavy (non-hydrogen) atoms. The van der Waals surface area contributed by atoms with Crippen LogP contribution in [0.2, 0.25) is 0 Å². The Kier molecular flexibility index (Phi) is 2.70. The quantitative estimate of drug-likeness (QED) is 0.779. The lowest BCUT2D eigenvalue weighted by Gasteiger charge is -2.08. The molecule has 1 fully saturated rings. The third kappa shape index (κ3) is 1.81. The predicted octanol–water partition coefficient (Wildman–Crippen LogP) is 1.23. The van der Waals surface area contributed by atoms with Gasteiger partial charge in [-0.05, 0) is 17.7 Å². The van der Waals surface area contributed by atoms with E-state index in [4.69, 9.17) is 19.3 Å². The largest absolute Gasteiger partial charge is 0.493 e. The van der Waals surface area contributed by atoms with Crippen LogP contribution in [0.25, 0.3) is 0 Å². The van der Waals surface area contributed by atoms with Gasteiger partial charge in [0.05, 0.1) is 14.2 Å². The van der Waals surface area contributed by atoms with Gasteiger partial charge < -0.3 is 19.3 Å². The first-order valence-corrected chi connectivity index (χ1v) is 4.77. The minimum atomic E-state index is -0.945. The molecule has 1 aliphatic rings. The van der Waals surface area contributed by atoms with Crippen LogP contribution in [-0.4, -0.2) is 31.4 Å². The number of hydrogen-bond acceptors (Lipinski definition) is 4. The van der Waals surface area contributed by atoms with E-state index in [1.807, 2.05) is 0 Å². The minimum absolute atomic E-state index is 0.377. The zero-order chi connectivity index (χ0) is 11.7. The predicted molar refractivity (Wildman–Crippen MR) is 54.8 cm³/mol. The van der Waals surface area contributed by atoms with E-state index in [-0.39, 0.29) is 6.10 Å². The highest BCUT2D eigenvalue weighted by Gasteiger charge is 2.46. The fraction of sp³-hybridized carbons (Fsp3) is 0.364. The molecule has 1 heterocycles. The van der Waals surface area contributed by atoms with Gasteiger partial charge in [0.1, 0.15) is 6.10 Å². The summed E-state index contributed by atoms with van der Waals surface area (Å²) < 4.78 is 15.2. The normalized spacial score (nSPS) is 22.6. The molecule has 0 spiro atoms. The summed E-state index contributed by atoms with van der Waals surface area (Å²) in [5.41, 5.74) is 0.782. The second-order valence-corrected chi connectivity index (χ2v) is 3.43. The van der Waals surface area contributed by atoms with Crippen molar-refractivity contribution >= 4 is 5.97 Å². The van der Waals surface area contributed by atoms with Gasteiger partial charge in [0.25, 0.3) is 0 Å². The number of ether oxygens (including phenoxy) is 3. The van der Waals surface area contributed by atoms with E-state index < -0.39 is 12.1 Å². The average molecular weight is 224 g/mol. The minimum Gasteiger partial charge on any atom is -0.493 e. The Morgan fingerprint density at radius 3 is 2.50 bits per heavy atom. The number of hydrogen-bond donors (Lipinski definition) is 1. The second-order valence-electron chi connectivity index (χ2n) is 3.43. The number of carboxylic acid groups (broad SMARTS) is 1. The van der Waals surface area contributed by atoms with Crippen LogP contribution in [0.1, 0.15) is 11.7 Å². The summed E-state index contributed by atoms with van der Waals surface area (Å²) in [6.45, 7) is 0. The van der Waals surface area contributed by atoms with Gasteiger partial charge in [-0.25, -0.2) is 4.79 Å². The molecular formula is C11H12O5. The summed E-state index contributed by atoms with van der Waals surface area (Å²) in [4.78, 5) is 10.6. The molecule has 1 aromatic carbocycles. The van der Waals surface area contributed by atoms with E-state index in [1.54, 1.807) is 25.3 Å². The Hall–Kier alpha value is -1.75. The van der Waals surface area contributed by atoms with Gasteiger partial charge in [-0.1, -0.05) is 6.07 Å². The highest BCUT2D eigenvalue weighted by molar-refractivity contribution is 5.76. The van der Waals surface area contributed by atoms with Gasteiger partial charge in [0.2, 0.25) is 0 Å². The first kappa shape index (κ1) is 10.8. The van der Waals surface area contributed by atoms with E-state index in [0.717, 1.165) is 5.56 Å². The Bertz CT molecular complexity index is 415. The topological polar surface area (TPSA) is 68.3 Å². The molecule has 2 atom stereocenters. The highest BCUT2D eigenvalue weighted by Crippen LogP contribution is 2.41. The molecule has 0 saturated carbocycles. The van der Waals surface area contributed by atoms with Gasteiger partial charge in [-0.3, -0.25) is 0 Å². The lowest BCUT2D eigenvalue weighted by molar-refractivity contribution is -0.138. The van der Waals surface area contributed by atoms with Crippen LogP contribution in [0, 0.1) is 0 Å². The maximum absolute atomic E-state index is 10.6. The Balaban J connectivity index is 2.21. The van der Waals surface area contributed by atoms with Crippen molar-refractivity contribution in [3.63, 3.8) is 0 Å². The SMILES string of the molecule is COc1ccc(C2OC2C(=O)O)cc1OC. The number of aliphatic carboxylic acids is 1. The lowest BCUT2D eigenvalue weighted by Crippen LogP contribution is -2.05. The number of benzene rings is 1. The molecule has 2 unspecified atom stereocenters. The Morgan fingerprint density at radius 1 is 1.31 bits per heavy atom. The molecule has 2 rings (SSSR count). The van der Waals surface area contributed by atoms with Gasteiger partial charge in [0, 0.05) is 0 Å². The Labute approximate surface area is 92.5 Å². The standard InChI is InChI=1S/C11H12O5/c1-14-7-4-3-6(5-8(7)15-2)9-10(16-9)11(12)13/h3-5,9-10H,1-2H3,(H,12,13).